The van der Waals surface area contributed by atoms with Gasteiger partial charge in [0.05, 0.1) is 6.20 Å². The highest BCUT2D eigenvalue weighted by molar-refractivity contribution is 7.98. The Morgan fingerprint density at radius 1 is 1.36 bits per heavy atom. The lowest BCUT2D eigenvalue weighted by molar-refractivity contribution is 0.929. The van der Waals surface area contributed by atoms with E-state index < -0.39 is 0 Å². The molecule has 0 spiro atoms. The van der Waals surface area contributed by atoms with Gasteiger partial charge in [0, 0.05) is 0 Å². The van der Waals surface area contributed by atoms with Crippen molar-refractivity contribution in [2.45, 2.75) is 5.16 Å². The van der Waals surface area contributed by atoms with E-state index in [0.29, 0.717) is 11.0 Å². The summed E-state index contributed by atoms with van der Waals surface area (Å²) >= 11 is 2.64. The average Bonchev–Trinajstić information content (AvgIpc) is 2.69. The Morgan fingerprint density at radius 3 is 2.86 bits per heavy atom. The highest BCUT2D eigenvalue weighted by Gasteiger charge is 2.07. The zero-order chi connectivity index (χ0) is 9.97. The van der Waals surface area contributed by atoms with E-state index in [-0.39, 0.29) is 5.95 Å². The monoisotopic (exact) mass is 226 g/mol. The summed E-state index contributed by atoms with van der Waals surface area (Å²) in [4.78, 5) is 12.9. The van der Waals surface area contributed by atoms with Gasteiger partial charge in [0.1, 0.15) is 4.88 Å². The summed E-state index contributed by atoms with van der Waals surface area (Å²) in [6.07, 6.45) is 3.48. The minimum absolute atomic E-state index is 0.216. The molecule has 0 fully saturated rings. The quantitative estimate of drug-likeness (QED) is 0.753. The number of thioether (sulfide) groups is 1. The van der Waals surface area contributed by atoms with Crippen molar-refractivity contribution in [2.75, 3.05) is 12.0 Å². The normalized spacial score (nSPS) is 10.4. The maximum Gasteiger partial charge on any atom is 0.224 e. The lowest BCUT2D eigenvalue weighted by Gasteiger charge is -1.99. The van der Waals surface area contributed by atoms with Crippen LogP contribution in [0.1, 0.15) is 0 Å². The summed E-state index contributed by atoms with van der Waals surface area (Å²) in [5.41, 5.74) is 5.53. The topological polar surface area (TPSA) is 90.5 Å². The minimum Gasteiger partial charge on any atom is -0.368 e. The molecular formula is C6H6N6S2. The van der Waals surface area contributed by atoms with Crippen LogP contribution in [0, 0.1) is 0 Å². The predicted molar refractivity (Wildman–Crippen MR) is 54.9 cm³/mol. The van der Waals surface area contributed by atoms with Gasteiger partial charge >= 0.3 is 0 Å². The molecule has 0 aliphatic heterocycles. The molecule has 0 radical (unpaired) electrons. The van der Waals surface area contributed by atoms with Crippen molar-refractivity contribution in [1.82, 2.24) is 24.5 Å². The molecule has 0 aliphatic carbocycles. The third kappa shape index (κ3) is 1.80. The first-order valence-electron chi connectivity index (χ1n) is 3.63. The first-order chi connectivity index (χ1) is 6.79. The molecule has 0 unspecified atom stereocenters. The molecule has 0 aromatic carbocycles. The van der Waals surface area contributed by atoms with E-state index in [1.807, 2.05) is 6.26 Å². The second kappa shape index (κ2) is 3.84. The van der Waals surface area contributed by atoms with Gasteiger partial charge in [-0.05, 0) is 17.8 Å². The fraction of sp³-hybridized carbons (Fsp3) is 0.167. The Bertz CT molecular complexity index is 428. The maximum atomic E-state index is 5.53. The van der Waals surface area contributed by atoms with Crippen molar-refractivity contribution in [2.24, 2.45) is 0 Å². The number of hydrogen-bond donors (Lipinski definition) is 1. The summed E-state index contributed by atoms with van der Waals surface area (Å²) in [6, 6.07) is 0. The van der Waals surface area contributed by atoms with Crippen molar-refractivity contribution in [1.29, 1.82) is 0 Å². The van der Waals surface area contributed by atoms with Crippen LogP contribution in [0.4, 0.5) is 5.95 Å². The summed E-state index contributed by atoms with van der Waals surface area (Å²) < 4.78 is 3.73. The number of rotatable bonds is 2. The molecule has 2 aromatic heterocycles. The Morgan fingerprint density at radius 2 is 2.21 bits per heavy atom. The SMILES string of the molecule is CSc1nc(N)nc(-c2cnns2)n1. The van der Waals surface area contributed by atoms with E-state index in [1.54, 1.807) is 6.20 Å². The van der Waals surface area contributed by atoms with Crippen LogP contribution >= 0.6 is 23.3 Å². The lowest BCUT2D eigenvalue weighted by atomic mass is 10.5. The standard InChI is InChI=1S/C6H6N6S2/c1-13-6-10-4(9-5(7)11-6)3-2-8-12-14-3/h2H,1H3,(H2,7,9,10,11). The Hall–Kier alpha value is -1.28. The first-order valence-corrected chi connectivity index (χ1v) is 5.62. The average molecular weight is 226 g/mol. The molecule has 0 saturated carbocycles. The fourth-order valence-electron chi connectivity index (χ4n) is 0.839. The first kappa shape index (κ1) is 9.28. The van der Waals surface area contributed by atoms with E-state index in [9.17, 15) is 0 Å². The summed E-state index contributed by atoms with van der Waals surface area (Å²) in [7, 11) is 0. The third-order valence-corrected chi connectivity index (χ3v) is 2.60. The predicted octanol–water partition coefficient (Wildman–Crippen LogP) is 0.694. The number of hydrogen-bond acceptors (Lipinski definition) is 8. The minimum atomic E-state index is 0.216. The van der Waals surface area contributed by atoms with Crippen molar-refractivity contribution in [3.8, 4) is 10.7 Å². The molecule has 2 N–H and O–H groups in total. The highest BCUT2D eigenvalue weighted by Crippen LogP contribution is 2.19. The van der Waals surface area contributed by atoms with E-state index >= 15 is 0 Å². The van der Waals surface area contributed by atoms with Crippen LogP contribution in [-0.4, -0.2) is 30.8 Å². The molecular weight excluding hydrogens is 220 g/mol. The van der Waals surface area contributed by atoms with Crippen LogP contribution in [0.25, 0.3) is 10.7 Å². The van der Waals surface area contributed by atoms with Crippen molar-refractivity contribution < 1.29 is 0 Å². The van der Waals surface area contributed by atoms with E-state index in [2.05, 4.69) is 24.5 Å². The zero-order valence-corrected chi connectivity index (χ0v) is 8.84. The zero-order valence-electron chi connectivity index (χ0n) is 7.21. The smallest absolute Gasteiger partial charge is 0.224 e. The van der Waals surface area contributed by atoms with Crippen LogP contribution in [0.3, 0.4) is 0 Å². The van der Waals surface area contributed by atoms with E-state index in [4.69, 9.17) is 5.73 Å². The second-order valence-electron chi connectivity index (χ2n) is 2.29. The number of nitrogens with zero attached hydrogens (tertiary/aromatic N) is 5. The molecule has 72 valence electrons. The Kier molecular flexibility index (Phi) is 2.55. The van der Waals surface area contributed by atoms with E-state index in [1.165, 1.54) is 23.3 Å². The van der Waals surface area contributed by atoms with Crippen molar-refractivity contribution in [3.05, 3.63) is 6.20 Å². The maximum absolute atomic E-state index is 5.53. The van der Waals surface area contributed by atoms with Crippen LogP contribution in [-0.2, 0) is 0 Å². The number of aromatic nitrogens is 5. The number of anilines is 1. The summed E-state index contributed by atoms with van der Waals surface area (Å²) in [5.74, 6) is 0.740. The van der Waals surface area contributed by atoms with Crippen LogP contribution in [0.5, 0.6) is 0 Å². The molecule has 14 heavy (non-hydrogen) atoms. The lowest BCUT2D eigenvalue weighted by Crippen LogP contribution is -2.00. The number of nitrogens with two attached hydrogens (primary N) is 1. The van der Waals surface area contributed by atoms with Gasteiger partial charge in [-0.15, -0.1) is 5.10 Å². The van der Waals surface area contributed by atoms with Gasteiger partial charge in [-0.1, -0.05) is 16.3 Å². The fourth-order valence-corrected chi connectivity index (χ4v) is 1.65. The number of nitrogen functional groups attached to an aromatic ring is 1. The van der Waals surface area contributed by atoms with Gasteiger partial charge in [0.15, 0.2) is 11.0 Å². The van der Waals surface area contributed by atoms with Crippen LogP contribution < -0.4 is 5.73 Å². The summed E-state index contributed by atoms with van der Waals surface area (Å²) in [6.45, 7) is 0. The van der Waals surface area contributed by atoms with Crippen molar-refractivity contribution >= 4 is 29.2 Å². The third-order valence-electron chi connectivity index (χ3n) is 1.40. The second-order valence-corrected chi connectivity index (χ2v) is 3.84. The van der Waals surface area contributed by atoms with Gasteiger partial charge in [0.2, 0.25) is 5.95 Å². The molecule has 2 rings (SSSR count). The molecule has 6 nitrogen and oxygen atoms in total. The molecule has 0 saturated heterocycles. The van der Waals surface area contributed by atoms with Gasteiger partial charge in [-0.2, -0.15) is 9.97 Å². The molecule has 0 amide bonds. The van der Waals surface area contributed by atoms with Gasteiger partial charge < -0.3 is 5.73 Å². The van der Waals surface area contributed by atoms with Gasteiger partial charge in [-0.3, -0.25) is 0 Å². The highest BCUT2D eigenvalue weighted by atomic mass is 32.2. The molecule has 0 atom stereocenters. The molecule has 0 aliphatic rings. The Labute approximate surface area is 88.2 Å². The summed E-state index contributed by atoms with van der Waals surface area (Å²) in [5, 5.41) is 4.30. The largest absolute Gasteiger partial charge is 0.368 e. The molecule has 2 aromatic rings. The van der Waals surface area contributed by atoms with Gasteiger partial charge in [-0.25, -0.2) is 4.98 Å². The van der Waals surface area contributed by atoms with Gasteiger partial charge in [0.25, 0.3) is 0 Å². The van der Waals surface area contributed by atoms with E-state index in [0.717, 1.165) is 4.88 Å². The van der Waals surface area contributed by atoms with Crippen LogP contribution in [0.2, 0.25) is 0 Å². The molecule has 0 bridgehead atoms. The van der Waals surface area contributed by atoms with Crippen LogP contribution in [0.15, 0.2) is 11.4 Å². The van der Waals surface area contributed by atoms with Crippen molar-refractivity contribution in [3.63, 3.8) is 0 Å². The molecule has 8 heteroatoms. The molecule has 2 heterocycles. The Balaban J connectivity index is 2.48.